The van der Waals surface area contributed by atoms with Gasteiger partial charge in [0.2, 0.25) is 0 Å². The van der Waals surface area contributed by atoms with Crippen molar-refractivity contribution >= 4 is 17.0 Å². The molecular formula is C23H27N3O+2. The average molecular weight is 361 g/mol. The molecule has 0 saturated carbocycles. The Hall–Kier alpha value is -2.69. The number of phenolic OH excluding ortho intramolecular Hbond substituents is 1. The van der Waals surface area contributed by atoms with Crippen LogP contribution in [0.1, 0.15) is 11.1 Å². The van der Waals surface area contributed by atoms with E-state index in [1.165, 1.54) is 37.3 Å². The molecule has 2 heterocycles. The summed E-state index contributed by atoms with van der Waals surface area (Å²) < 4.78 is 0. The van der Waals surface area contributed by atoms with Gasteiger partial charge in [0.1, 0.15) is 44.0 Å². The van der Waals surface area contributed by atoms with Crippen molar-refractivity contribution in [1.82, 2.24) is 4.98 Å². The maximum Gasteiger partial charge on any atom is 0.141 e. The van der Waals surface area contributed by atoms with Gasteiger partial charge in [0, 0.05) is 17.1 Å². The number of fused-ring (bicyclic) bond motifs is 1. The van der Waals surface area contributed by atoms with Crippen LogP contribution in [0.2, 0.25) is 0 Å². The van der Waals surface area contributed by atoms with Crippen molar-refractivity contribution in [2.24, 2.45) is 0 Å². The largest absolute Gasteiger partial charge is 0.506 e. The Kier molecular flexibility index (Phi) is 5.47. The summed E-state index contributed by atoms with van der Waals surface area (Å²) >= 11 is 0. The number of piperazine rings is 1. The van der Waals surface area contributed by atoms with Gasteiger partial charge in [-0.05, 0) is 29.8 Å². The minimum Gasteiger partial charge on any atom is -0.506 e. The topological polar surface area (TPSA) is 42.0 Å². The highest BCUT2D eigenvalue weighted by molar-refractivity contribution is 5.86. The van der Waals surface area contributed by atoms with Crippen LogP contribution in [0.15, 0.2) is 66.9 Å². The van der Waals surface area contributed by atoms with Crippen molar-refractivity contribution in [3.63, 3.8) is 0 Å². The second-order valence-corrected chi connectivity index (χ2v) is 7.34. The molecule has 138 valence electrons. The second-order valence-electron chi connectivity index (χ2n) is 7.34. The van der Waals surface area contributed by atoms with Crippen molar-refractivity contribution in [2.75, 3.05) is 32.7 Å². The van der Waals surface area contributed by atoms with E-state index in [0.717, 1.165) is 18.5 Å². The molecule has 4 rings (SSSR count). The van der Waals surface area contributed by atoms with Crippen molar-refractivity contribution in [1.29, 1.82) is 0 Å². The van der Waals surface area contributed by atoms with E-state index in [4.69, 9.17) is 0 Å². The molecule has 0 radical (unpaired) electrons. The van der Waals surface area contributed by atoms with Gasteiger partial charge in [-0.15, -0.1) is 0 Å². The van der Waals surface area contributed by atoms with Crippen LogP contribution in [0.3, 0.4) is 0 Å². The number of rotatable bonds is 5. The molecule has 1 saturated heterocycles. The number of quaternary nitrogens is 2. The molecule has 0 spiro atoms. The van der Waals surface area contributed by atoms with E-state index in [2.05, 4.69) is 53.5 Å². The molecule has 1 fully saturated rings. The smallest absolute Gasteiger partial charge is 0.141 e. The van der Waals surface area contributed by atoms with Crippen molar-refractivity contribution < 1.29 is 14.9 Å². The number of phenols is 1. The highest BCUT2D eigenvalue weighted by Crippen LogP contribution is 2.24. The summed E-state index contributed by atoms with van der Waals surface area (Å²) in [5.41, 5.74) is 3.26. The van der Waals surface area contributed by atoms with Gasteiger partial charge in [-0.25, -0.2) is 0 Å². The van der Waals surface area contributed by atoms with Gasteiger partial charge in [0.25, 0.3) is 0 Å². The summed E-state index contributed by atoms with van der Waals surface area (Å²) in [5, 5.41) is 11.1. The highest BCUT2D eigenvalue weighted by Gasteiger charge is 2.23. The van der Waals surface area contributed by atoms with E-state index in [-0.39, 0.29) is 5.75 Å². The van der Waals surface area contributed by atoms with Crippen molar-refractivity contribution in [3.05, 3.63) is 78.0 Å². The molecular weight excluding hydrogens is 334 g/mol. The molecule has 27 heavy (non-hydrogen) atoms. The molecule has 0 amide bonds. The Morgan fingerprint density at radius 2 is 1.67 bits per heavy atom. The van der Waals surface area contributed by atoms with E-state index in [1.54, 1.807) is 22.1 Å². The quantitative estimate of drug-likeness (QED) is 0.633. The Morgan fingerprint density at radius 1 is 0.889 bits per heavy atom. The first-order valence-corrected chi connectivity index (χ1v) is 9.74. The van der Waals surface area contributed by atoms with Crippen LogP contribution in [0.4, 0.5) is 0 Å². The van der Waals surface area contributed by atoms with E-state index >= 15 is 0 Å². The van der Waals surface area contributed by atoms with Crippen LogP contribution in [0.5, 0.6) is 5.75 Å². The second kappa shape index (κ2) is 8.33. The normalized spacial score (nSPS) is 20.3. The van der Waals surface area contributed by atoms with Gasteiger partial charge in [0.05, 0.1) is 6.54 Å². The predicted octanol–water partition coefficient (Wildman–Crippen LogP) is 0.937. The number of pyridine rings is 1. The molecule has 3 N–H and O–H groups in total. The molecule has 4 nitrogen and oxygen atoms in total. The van der Waals surface area contributed by atoms with Crippen LogP contribution in [-0.4, -0.2) is 42.8 Å². The van der Waals surface area contributed by atoms with E-state index < -0.39 is 0 Å². The Morgan fingerprint density at radius 3 is 2.48 bits per heavy atom. The van der Waals surface area contributed by atoms with E-state index in [9.17, 15) is 5.11 Å². The van der Waals surface area contributed by atoms with Crippen molar-refractivity contribution in [2.45, 2.75) is 6.54 Å². The number of hydrogen-bond acceptors (Lipinski definition) is 2. The molecule has 0 bridgehead atoms. The first-order valence-electron chi connectivity index (χ1n) is 9.74. The molecule has 1 aromatic heterocycles. The number of hydrogen-bond donors (Lipinski definition) is 3. The van der Waals surface area contributed by atoms with Gasteiger partial charge in [-0.2, -0.15) is 0 Å². The van der Waals surface area contributed by atoms with E-state index in [0.29, 0.717) is 5.52 Å². The Labute approximate surface area is 160 Å². The predicted molar refractivity (Wildman–Crippen MR) is 109 cm³/mol. The summed E-state index contributed by atoms with van der Waals surface area (Å²) in [6.07, 6.45) is 6.26. The molecule has 2 aromatic carbocycles. The first-order chi connectivity index (χ1) is 13.3. The lowest BCUT2D eigenvalue weighted by molar-refractivity contribution is -1.02. The van der Waals surface area contributed by atoms with Crippen LogP contribution < -0.4 is 9.80 Å². The van der Waals surface area contributed by atoms with Gasteiger partial charge < -0.3 is 14.9 Å². The fourth-order valence-corrected chi connectivity index (χ4v) is 3.90. The van der Waals surface area contributed by atoms with Crippen molar-refractivity contribution in [3.8, 4) is 5.75 Å². The summed E-state index contributed by atoms with van der Waals surface area (Å²) in [4.78, 5) is 7.60. The Balaban J connectivity index is 1.32. The Bertz CT molecular complexity index is 915. The molecule has 1 aliphatic heterocycles. The average Bonchev–Trinajstić information content (AvgIpc) is 2.72. The third-order valence-electron chi connectivity index (χ3n) is 5.46. The number of aromatic nitrogens is 1. The molecule has 0 atom stereocenters. The number of nitrogens with zero attached hydrogens (tertiary/aromatic N) is 1. The van der Waals surface area contributed by atoms with Crippen LogP contribution in [0.25, 0.3) is 17.0 Å². The molecule has 0 unspecified atom stereocenters. The highest BCUT2D eigenvalue weighted by atomic mass is 16.3. The molecule has 4 heteroatoms. The van der Waals surface area contributed by atoms with Gasteiger partial charge in [-0.3, -0.25) is 4.98 Å². The zero-order valence-electron chi connectivity index (χ0n) is 15.6. The minimum atomic E-state index is 0.267. The van der Waals surface area contributed by atoms with Gasteiger partial charge in [0.15, 0.2) is 0 Å². The van der Waals surface area contributed by atoms with E-state index in [1.807, 2.05) is 12.1 Å². The zero-order chi connectivity index (χ0) is 18.5. The first kappa shape index (κ1) is 17.7. The fourth-order valence-electron chi connectivity index (χ4n) is 3.90. The van der Waals surface area contributed by atoms with Crippen LogP contribution >= 0.6 is 0 Å². The summed E-state index contributed by atoms with van der Waals surface area (Å²) in [6, 6.07) is 18.3. The number of benzene rings is 2. The van der Waals surface area contributed by atoms with Gasteiger partial charge in [-0.1, -0.05) is 42.5 Å². The SMILES string of the molecule is Oc1ccc(C[NH+]2CC[NH+](C/C=C/c3ccccc3)CC2)c2cccnc12. The summed E-state index contributed by atoms with van der Waals surface area (Å²) in [6.45, 7) is 6.84. The zero-order valence-corrected chi connectivity index (χ0v) is 15.6. The monoisotopic (exact) mass is 361 g/mol. The lowest BCUT2D eigenvalue weighted by atomic mass is 10.1. The minimum absolute atomic E-state index is 0.267. The maximum atomic E-state index is 10.0. The standard InChI is InChI=1S/C23H25N3O/c27-22-11-10-20(21-9-4-12-24-23(21)22)18-26-16-14-25(15-17-26)13-5-8-19-6-2-1-3-7-19/h1-12,27H,13-18H2/p+2/b8-5+. The molecule has 1 aliphatic rings. The lowest BCUT2D eigenvalue weighted by Gasteiger charge is -2.29. The number of nitrogens with one attached hydrogen (secondary N) is 2. The summed E-state index contributed by atoms with van der Waals surface area (Å²) in [7, 11) is 0. The van der Waals surface area contributed by atoms with Crippen LogP contribution in [-0.2, 0) is 6.54 Å². The van der Waals surface area contributed by atoms with Crippen LogP contribution in [0, 0.1) is 0 Å². The van der Waals surface area contributed by atoms with Gasteiger partial charge >= 0.3 is 0 Å². The fraction of sp³-hybridized carbons (Fsp3) is 0.261. The molecule has 0 aliphatic carbocycles. The lowest BCUT2D eigenvalue weighted by Crippen LogP contribution is -3.27. The third-order valence-corrected chi connectivity index (χ3v) is 5.46. The molecule has 3 aromatic rings. The maximum absolute atomic E-state index is 10.0. The summed E-state index contributed by atoms with van der Waals surface area (Å²) in [5.74, 6) is 0.267. The third kappa shape index (κ3) is 4.35. The number of aromatic hydroxyl groups is 1.